The van der Waals surface area contributed by atoms with E-state index < -0.39 is 0 Å². The van der Waals surface area contributed by atoms with E-state index in [-0.39, 0.29) is 18.6 Å². The smallest absolute Gasteiger partial charge is 0.249 e. The largest absolute Gasteiger partial charge is 0.372 e. The van der Waals surface area contributed by atoms with Gasteiger partial charge in [0.05, 0.1) is 6.04 Å². The van der Waals surface area contributed by atoms with Gasteiger partial charge >= 0.3 is 0 Å². The molecule has 0 radical (unpaired) electrons. The molecule has 21 heavy (non-hydrogen) atoms. The molecule has 1 aromatic heterocycles. The first kappa shape index (κ1) is 13.9. The third kappa shape index (κ3) is 2.72. The summed E-state index contributed by atoms with van der Waals surface area (Å²) in [5, 5.41) is 0. The van der Waals surface area contributed by atoms with Crippen molar-refractivity contribution >= 4 is 5.91 Å². The highest BCUT2D eigenvalue weighted by atomic mass is 16.5. The number of hydrogen-bond acceptors (Lipinski definition) is 2. The molecular formula is C17H20N2O2. The van der Waals surface area contributed by atoms with Gasteiger partial charge in [0.1, 0.15) is 6.61 Å². The maximum Gasteiger partial charge on any atom is 0.249 e. The van der Waals surface area contributed by atoms with E-state index in [1.54, 1.807) is 0 Å². The summed E-state index contributed by atoms with van der Waals surface area (Å²) in [6.45, 7) is 4.17. The highest BCUT2D eigenvalue weighted by Crippen LogP contribution is 2.32. The van der Waals surface area contributed by atoms with Crippen molar-refractivity contribution in [2.75, 3.05) is 19.8 Å². The molecule has 1 aliphatic heterocycles. The van der Waals surface area contributed by atoms with E-state index in [9.17, 15) is 4.79 Å². The van der Waals surface area contributed by atoms with Crippen LogP contribution in [0.25, 0.3) is 0 Å². The van der Waals surface area contributed by atoms with Gasteiger partial charge in [-0.15, -0.1) is 0 Å². The van der Waals surface area contributed by atoms with Crippen LogP contribution in [0.3, 0.4) is 0 Å². The number of carbonyl (C=O) groups is 1. The van der Waals surface area contributed by atoms with Crippen LogP contribution < -0.4 is 0 Å². The van der Waals surface area contributed by atoms with Crippen LogP contribution in [0, 0.1) is 0 Å². The van der Waals surface area contributed by atoms with Gasteiger partial charge in [-0.1, -0.05) is 30.3 Å². The fourth-order valence-corrected chi connectivity index (χ4v) is 2.91. The van der Waals surface area contributed by atoms with Crippen molar-refractivity contribution in [3.8, 4) is 0 Å². The Morgan fingerprint density at radius 3 is 2.76 bits per heavy atom. The lowest BCUT2D eigenvalue weighted by Crippen LogP contribution is -2.44. The van der Waals surface area contributed by atoms with Crippen LogP contribution in [0.1, 0.15) is 24.2 Å². The molecule has 0 spiro atoms. The van der Waals surface area contributed by atoms with E-state index >= 15 is 0 Å². The number of fused-ring (bicyclic) bond motifs is 1. The predicted octanol–water partition coefficient (Wildman–Crippen LogP) is 2.46. The van der Waals surface area contributed by atoms with Crippen molar-refractivity contribution in [3.05, 3.63) is 59.9 Å². The van der Waals surface area contributed by atoms with Crippen LogP contribution in [-0.4, -0.2) is 35.1 Å². The van der Waals surface area contributed by atoms with E-state index in [1.165, 1.54) is 0 Å². The third-order valence-corrected chi connectivity index (χ3v) is 3.90. The Morgan fingerprint density at radius 2 is 2.00 bits per heavy atom. The first-order valence-corrected chi connectivity index (χ1v) is 7.38. The molecule has 2 heterocycles. The molecule has 0 bridgehead atoms. The topological polar surface area (TPSA) is 34.5 Å². The van der Waals surface area contributed by atoms with Gasteiger partial charge in [-0.2, -0.15) is 0 Å². The van der Waals surface area contributed by atoms with Crippen LogP contribution in [0.15, 0.2) is 48.7 Å². The molecule has 4 heteroatoms. The predicted molar refractivity (Wildman–Crippen MR) is 80.9 cm³/mol. The van der Waals surface area contributed by atoms with Crippen LogP contribution in [0.4, 0.5) is 0 Å². The molecule has 1 unspecified atom stereocenters. The molecule has 1 aromatic carbocycles. The summed E-state index contributed by atoms with van der Waals surface area (Å²) in [7, 11) is 0. The van der Waals surface area contributed by atoms with Crippen LogP contribution in [-0.2, 0) is 16.1 Å². The van der Waals surface area contributed by atoms with E-state index in [0.29, 0.717) is 13.2 Å². The van der Waals surface area contributed by atoms with Crippen LogP contribution >= 0.6 is 0 Å². The Labute approximate surface area is 124 Å². The van der Waals surface area contributed by atoms with E-state index in [4.69, 9.17) is 4.74 Å². The lowest BCUT2D eigenvalue weighted by Gasteiger charge is -2.37. The van der Waals surface area contributed by atoms with E-state index in [0.717, 1.165) is 17.8 Å². The van der Waals surface area contributed by atoms with Crippen LogP contribution in [0.2, 0.25) is 0 Å². The molecule has 4 nitrogen and oxygen atoms in total. The van der Waals surface area contributed by atoms with Crippen LogP contribution in [0.5, 0.6) is 0 Å². The molecule has 0 aliphatic carbocycles. The Bertz CT molecular complexity index is 606. The highest BCUT2D eigenvalue weighted by Gasteiger charge is 2.31. The molecule has 1 amide bonds. The second kappa shape index (κ2) is 6.14. The molecule has 0 saturated heterocycles. The number of aromatic nitrogens is 1. The normalized spacial score (nSPS) is 17.6. The molecule has 0 fully saturated rings. The molecule has 110 valence electrons. The number of hydrogen-bond donors (Lipinski definition) is 0. The van der Waals surface area contributed by atoms with Crippen molar-refractivity contribution in [3.63, 3.8) is 0 Å². The fraction of sp³-hybridized carbons (Fsp3) is 0.353. The fourth-order valence-electron chi connectivity index (χ4n) is 2.91. The van der Waals surface area contributed by atoms with E-state index in [1.807, 2.05) is 36.1 Å². The summed E-state index contributed by atoms with van der Waals surface area (Å²) >= 11 is 0. The van der Waals surface area contributed by atoms with Crippen molar-refractivity contribution in [2.45, 2.75) is 19.5 Å². The molecule has 0 saturated carbocycles. The van der Waals surface area contributed by atoms with Gasteiger partial charge in [0.25, 0.3) is 0 Å². The Morgan fingerprint density at radius 1 is 1.19 bits per heavy atom. The van der Waals surface area contributed by atoms with E-state index in [2.05, 4.69) is 29.0 Å². The number of amides is 1. The van der Waals surface area contributed by atoms with Crippen molar-refractivity contribution in [1.29, 1.82) is 0 Å². The molecule has 1 atom stereocenters. The molecule has 1 aliphatic rings. The summed E-state index contributed by atoms with van der Waals surface area (Å²) in [4.78, 5) is 14.4. The lowest BCUT2D eigenvalue weighted by molar-refractivity contribution is -0.138. The van der Waals surface area contributed by atoms with Gasteiger partial charge in [-0.05, 0) is 24.6 Å². The molecule has 3 rings (SSSR count). The average molecular weight is 284 g/mol. The zero-order valence-electron chi connectivity index (χ0n) is 12.2. The first-order chi connectivity index (χ1) is 10.3. The first-order valence-electron chi connectivity index (χ1n) is 7.38. The Balaban J connectivity index is 1.95. The number of rotatable bonds is 4. The minimum Gasteiger partial charge on any atom is -0.372 e. The Hall–Kier alpha value is -2.07. The second-order valence-electron chi connectivity index (χ2n) is 5.16. The summed E-state index contributed by atoms with van der Waals surface area (Å²) in [5.41, 5.74) is 2.30. The Kier molecular flexibility index (Phi) is 4.06. The maximum absolute atomic E-state index is 12.5. The van der Waals surface area contributed by atoms with Gasteiger partial charge in [0, 0.05) is 31.6 Å². The minimum atomic E-state index is -0.0251. The quantitative estimate of drug-likeness (QED) is 0.864. The van der Waals surface area contributed by atoms with Gasteiger partial charge in [0.15, 0.2) is 0 Å². The van der Waals surface area contributed by atoms with Gasteiger partial charge in [0.2, 0.25) is 5.91 Å². The van der Waals surface area contributed by atoms with Crippen molar-refractivity contribution in [1.82, 2.24) is 9.47 Å². The van der Waals surface area contributed by atoms with Gasteiger partial charge in [-0.3, -0.25) is 4.79 Å². The summed E-state index contributed by atoms with van der Waals surface area (Å²) in [6, 6.07) is 14.3. The lowest BCUT2D eigenvalue weighted by atomic mass is 10.00. The standard InChI is InChI=1S/C17H20N2O2/c1-2-21-13-16(20)19-12-11-18-10-6-9-15(18)17(19)14-7-4-3-5-8-14/h3-10,17H,2,11-13H2,1H3. The maximum atomic E-state index is 12.5. The molecule has 2 aromatic rings. The highest BCUT2D eigenvalue weighted by molar-refractivity contribution is 5.78. The second-order valence-corrected chi connectivity index (χ2v) is 5.16. The van der Waals surface area contributed by atoms with Crippen molar-refractivity contribution < 1.29 is 9.53 Å². The molecule has 0 N–H and O–H groups in total. The third-order valence-electron chi connectivity index (χ3n) is 3.90. The monoisotopic (exact) mass is 284 g/mol. The summed E-state index contributed by atoms with van der Waals surface area (Å²) < 4.78 is 7.53. The average Bonchev–Trinajstić information content (AvgIpc) is 3.01. The number of nitrogens with zero attached hydrogens (tertiary/aromatic N) is 2. The SMILES string of the molecule is CCOCC(=O)N1CCn2cccc2C1c1ccccc1. The summed E-state index contributed by atoms with van der Waals surface area (Å²) in [5.74, 6) is 0.0538. The van der Waals surface area contributed by atoms with Gasteiger partial charge < -0.3 is 14.2 Å². The zero-order valence-corrected chi connectivity index (χ0v) is 12.2. The number of benzene rings is 1. The zero-order chi connectivity index (χ0) is 14.7. The molecular weight excluding hydrogens is 264 g/mol. The number of carbonyl (C=O) groups excluding carboxylic acids is 1. The minimum absolute atomic E-state index is 0.0251. The summed E-state index contributed by atoms with van der Waals surface area (Å²) in [6.07, 6.45) is 2.08. The van der Waals surface area contributed by atoms with Gasteiger partial charge in [-0.25, -0.2) is 0 Å². The van der Waals surface area contributed by atoms with Crippen molar-refractivity contribution in [2.24, 2.45) is 0 Å². The number of ether oxygens (including phenoxy) is 1.